The zero-order valence-electron chi connectivity index (χ0n) is 11.6. The van der Waals surface area contributed by atoms with Crippen LogP contribution in [-0.2, 0) is 23.8 Å². The van der Waals surface area contributed by atoms with Crippen LogP contribution in [0.1, 0.15) is 33.2 Å². The van der Waals surface area contributed by atoms with E-state index in [1.807, 2.05) is 0 Å². The standard InChI is InChI=1S/C12H17N3O5/c1-7(18-8(2)16)12-10(15-6-13-5-14-15)4-11(20-12)19-9(3)17/h5-7,10-12H,4H2,1-3H3/t7-,10-,11?,12-/m0/s1. The summed E-state index contributed by atoms with van der Waals surface area (Å²) in [7, 11) is 0. The highest BCUT2D eigenvalue weighted by atomic mass is 16.7. The van der Waals surface area contributed by atoms with E-state index in [4.69, 9.17) is 14.2 Å². The maximum absolute atomic E-state index is 11.1. The van der Waals surface area contributed by atoms with Crippen molar-refractivity contribution in [3.05, 3.63) is 12.7 Å². The van der Waals surface area contributed by atoms with Crippen LogP contribution < -0.4 is 0 Å². The smallest absolute Gasteiger partial charge is 0.304 e. The number of hydrogen-bond donors (Lipinski definition) is 0. The number of esters is 2. The van der Waals surface area contributed by atoms with Crippen molar-refractivity contribution in [2.45, 2.75) is 51.7 Å². The molecule has 1 fully saturated rings. The van der Waals surface area contributed by atoms with E-state index >= 15 is 0 Å². The lowest BCUT2D eigenvalue weighted by molar-refractivity contribution is -0.184. The van der Waals surface area contributed by atoms with Gasteiger partial charge in [-0.15, -0.1) is 0 Å². The lowest BCUT2D eigenvalue weighted by Gasteiger charge is -2.23. The molecule has 1 unspecified atom stereocenters. The Hall–Kier alpha value is -1.96. The number of aromatic nitrogens is 3. The molecule has 0 aliphatic carbocycles. The largest absolute Gasteiger partial charge is 0.460 e. The number of nitrogens with zero attached hydrogens (tertiary/aromatic N) is 3. The van der Waals surface area contributed by atoms with E-state index in [2.05, 4.69) is 10.1 Å². The van der Waals surface area contributed by atoms with Gasteiger partial charge in [0.15, 0.2) is 0 Å². The van der Waals surface area contributed by atoms with E-state index in [-0.39, 0.29) is 6.04 Å². The lowest BCUT2D eigenvalue weighted by atomic mass is 10.1. The Morgan fingerprint density at radius 3 is 2.70 bits per heavy atom. The van der Waals surface area contributed by atoms with Gasteiger partial charge < -0.3 is 14.2 Å². The summed E-state index contributed by atoms with van der Waals surface area (Å²) in [5, 5.41) is 4.07. The minimum atomic E-state index is -0.676. The number of carbonyl (C=O) groups is 2. The minimum absolute atomic E-state index is 0.212. The highest BCUT2D eigenvalue weighted by Crippen LogP contribution is 2.33. The molecule has 0 spiro atoms. The average molecular weight is 283 g/mol. The normalized spacial score (nSPS) is 27.1. The van der Waals surface area contributed by atoms with E-state index in [0.717, 1.165) is 0 Å². The molecule has 20 heavy (non-hydrogen) atoms. The molecule has 2 rings (SSSR count). The van der Waals surface area contributed by atoms with Gasteiger partial charge >= 0.3 is 11.9 Å². The third kappa shape index (κ3) is 3.32. The Morgan fingerprint density at radius 1 is 1.40 bits per heavy atom. The quantitative estimate of drug-likeness (QED) is 0.740. The SMILES string of the molecule is CC(=O)OC1C[C@H](n2cncn2)[C@H]([C@H](C)OC(C)=O)O1. The van der Waals surface area contributed by atoms with Crippen LogP contribution >= 0.6 is 0 Å². The average Bonchev–Trinajstić information content (AvgIpc) is 2.94. The van der Waals surface area contributed by atoms with E-state index in [9.17, 15) is 9.59 Å². The molecular formula is C12H17N3O5. The zero-order valence-corrected chi connectivity index (χ0v) is 11.6. The molecular weight excluding hydrogens is 266 g/mol. The molecule has 8 nitrogen and oxygen atoms in total. The van der Waals surface area contributed by atoms with E-state index in [1.165, 1.54) is 20.2 Å². The van der Waals surface area contributed by atoms with Crippen LogP contribution in [0.25, 0.3) is 0 Å². The van der Waals surface area contributed by atoms with Crippen molar-refractivity contribution < 1.29 is 23.8 Å². The molecule has 0 bridgehead atoms. The molecule has 0 radical (unpaired) electrons. The molecule has 1 saturated heterocycles. The van der Waals surface area contributed by atoms with Gasteiger partial charge in [0.1, 0.15) is 24.9 Å². The van der Waals surface area contributed by atoms with Gasteiger partial charge in [0.05, 0.1) is 6.04 Å². The fourth-order valence-electron chi connectivity index (χ4n) is 2.31. The van der Waals surface area contributed by atoms with Crippen LogP contribution in [-0.4, -0.2) is 45.2 Å². The third-order valence-corrected chi connectivity index (χ3v) is 3.01. The van der Waals surface area contributed by atoms with Crippen LogP contribution in [0.3, 0.4) is 0 Å². The highest BCUT2D eigenvalue weighted by Gasteiger charge is 2.42. The molecule has 1 aliphatic rings. The molecule has 0 aromatic carbocycles. The predicted octanol–water partition coefficient (Wildman–Crippen LogP) is 0.449. The fraction of sp³-hybridized carbons (Fsp3) is 0.667. The molecule has 1 aromatic heterocycles. The van der Waals surface area contributed by atoms with Crippen LogP contribution in [0.15, 0.2) is 12.7 Å². The lowest BCUT2D eigenvalue weighted by Crippen LogP contribution is -2.34. The van der Waals surface area contributed by atoms with Crippen molar-refractivity contribution >= 4 is 11.9 Å². The molecule has 110 valence electrons. The second-order valence-electron chi connectivity index (χ2n) is 4.63. The van der Waals surface area contributed by atoms with Crippen molar-refractivity contribution in [2.75, 3.05) is 0 Å². The highest BCUT2D eigenvalue weighted by molar-refractivity contribution is 5.66. The van der Waals surface area contributed by atoms with Gasteiger partial charge in [-0.25, -0.2) is 9.67 Å². The molecule has 0 N–H and O–H groups in total. The van der Waals surface area contributed by atoms with Gasteiger partial charge in [-0.1, -0.05) is 0 Å². The van der Waals surface area contributed by atoms with Crippen molar-refractivity contribution in [3.8, 4) is 0 Å². The van der Waals surface area contributed by atoms with Gasteiger partial charge in [-0.2, -0.15) is 5.10 Å². The second-order valence-corrected chi connectivity index (χ2v) is 4.63. The van der Waals surface area contributed by atoms with Crippen LogP contribution in [0.2, 0.25) is 0 Å². The Balaban J connectivity index is 2.13. The first kappa shape index (κ1) is 14.4. The minimum Gasteiger partial charge on any atom is -0.460 e. The summed E-state index contributed by atoms with van der Waals surface area (Å²) in [6, 6.07) is -0.212. The zero-order chi connectivity index (χ0) is 14.7. The summed E-state index contributed by atoms with van der Waals surface area (Å²) >= 11 is 0. The van der Waals surface area contributed by atoms with Crippen molar-refractivity contribution in [2.24, 2.45) is 0 Å². The van der Waals surface area contributed by atoms with Crippen LogP contribution in [0.5, 0.6) is 0 Å². The molecule has 1 aliphatic heterocycles. The first-order chi connectivity index (χ1) is 9.47. The monoisotopic (exact) mass is 283 g/mol. The van der Waals surface area contributed by atoms with Crippen LogP contribution in [0.4, 0.5) is 0 Å². The van der Waals surface area contributed by atoms with E-state index in [1.54, 1.807) is 17.9 Å². The first-order valence-corrected chi connectivity index (χ1v) is 6.31. The third-order valence-electron chi connectivity index (χ3n) is 3.01. The first-order valence-electron chi connectivity index (χ1n) is 6.31. The second kappa shape index (κ2) is 6.00. The Morgan fingerprint density at radius 2 is 2.15 bits per heavy atom. The summed E-state index contributed by atoms with van der Waals surface area (Å²) < 4.78 is 17.5. The topological polar surface area (TPSA) is 92.5 Å². The summed E-state index contributed by atoms with van der Waals surface area (Å²) in [5.74, 6) is -0.817. The molecule has 2 heterocycles. The summed E-state index contributed by atoms with van der Waals surface area (Å²) in [6.07, 6.45) is 1.78. The van der Waals surface area contributed by atoms with Gasteiger partial charge in [0, 0.05) is 20.3 Å². The Kier molecular flexibility index (Phi) is 4.33. The Labute approximate surface area is 116 Å². The molecule has 4 atom stereocenters. The number of rotatable bonds is 4. The predicted molar refractivity (Wildman–Crippen MR) is 65.3 cm³/mol. The van der Waals surface area contributed by atoms with E-state index in [0.29, 0.717) is 6.42 Å². The molecule has 0 amide bonds. The van der Waals surface area contributed by atoms with Crippen LogP contribution in [0, 0.1) is 0 Å². The number of ether oxygens (including phenoxy) is 3. The molecule has 1 aromatic rings. The maximum atomic E-state index is 11.1. The number of carbonyl (C=O) groups excluding carboxylic acids is 2. The number of hydrogen-bond acceptors (Lipinski definition) is 7. The summed E-state index contributed by atoms with van der Waals surface area (Å²) in [6.45, 7) is 4.38. The summed E-state index contributed by atoms with van der Waals surface area (Å²) in [5.41, 5.74) is 0. The fourth-order valence-corrected chi connectivity index (χ4v) is 2.31. The van der Waals surface area contributed by atoms with Gasteiger partial charge in [-0.3, -0.25) is 9.59 Å². The van der Waals surface area contributed by atoms with Gasteiger partial charge in [-0.05, 0) is 6.92 Å². The van der Waals surface area contributed by atoms with Crippen molar-refractivity contribution in [3.63, 3.8) is 0 Å². The van der Waals surface area contributed by atoms with Gasteiger partial charge in [0.25, 0.3) is 0 Å². The van der Waals surface area contributed by atoms with E-state index < -0.39 is 30.4 Å². The Bertz CT molecular complexity index is 475. The van der Waals surface area contributed by atoms with Crippen molar-refractivity contribution in [1.82, 2.24) is 14.8 Å². The maximum Gasteiger partial charge on any atom is 0.304 e. The molecule has 8 heteroatoms. The molecule has 0 saturated carbocycles. The van der Waals surface area contributed by atoms with Crippen molar-refractivity contribution in [1.29, 1.82) is 0 Å². The summed E-state index contributed by atoms with van der Waals surface area (Å²) in [4.78, 5) is 26.0. The van der Waals surface area contributed by atoms with Gasteiger partial charge in [0.2, 0.25) is 6.29 Å².